The van der Waals surface area contributed by atoms with Crippen LogP contribution in [-0.4, -0.2) is 12.5 Å². The Kier molecular flexibility index (Phi) is 7.50. The highest BCUT2D eigenvalue weighted by atomic mass is 79.9. The van der Waals surface area contributed by atoms with Gasteiger partial charge in [-0.15, -0.1) is 0 Å². The Morgan fingerprint density at radius 3 is 2.58 bits per heavy atom. The summed E-state index contributed by atoms with van der Waals surface area (Å²) in [4.78, 5) is 12.2. The summed E-state index contributed by atoms with van der Waals surface area (Å²) in [6, 6.07) is 13.4. The highest BCUT2D eigenvalue weighted by molar-refractivity contribution is 9.10. The molecule has 0 radical (unpaired) electrons. The lowest BCUT2D eigenvalue weighted by atomic mass is 10.1. The van der Waals surface area contributed by atoms with E-state index in [9.17, 15) is 10.1 Å². The van der Waals surface area contributed by atoms with Crippen molar-refractivity contribution in [2.24, 2.45) is 5.92 Å². The van der Waals surface area contributed by atoms with Gasteiger partial charge in [0.25, 0.3) is 0 Å². The van der Waals surface area contributed by atoms with Gasteiger partial charge in [-0.3, -0.25) is 4.79 Å². The number of carbonyl (C=O) groups is 1. The van der Waals surface area contributed by atoms with Crippen LogP contribution < -0.4 is 10.1 Å². The molecule has 0 saturated heterocycles. The van der Waals surface area contributed by atoms with Gasteiger partial charge >= 0.3 is 0 Å². The number of benzene rings is 2. The lowest BCUT2D eigenvalue weighted by molar-refractivity contribution is -0.123. The molecule has 0 saturated carbocycles. The van der Waals surface area contributed by atoms with Crippen LogP contribution in [-0.2, 0) is 11.3 Å². The van der Waals surface area contributed by atoms with Gasteiger partial charge in [0.15, 0.2) is 0 Å². The normalized spacial score (nSPS) is 11.5. The number of hydrogen-bond donors (Lipinski definition) is 1. The van der Waals surface area contributed by atoms with Gasteiger partial charge in [0.2, 0.25) is 5.91 Å². The number of ether oxygens (including phenoxy) is 1. The molecule has 0 aliphatic carbocycles. The smallest absolute Gasteiger partial charge is 0.237 e. The summed E-state index contributed by atoms with van der Waals surface area (Å²) in [5, 5.41) is 12.8. The first-order chi connectivity index (χ1) is 12.4. The van der Waals surface area contributed by atoms with Crippen molar-refractivity contribution in [1.29, 1.82) is 5.26 Å². The van der Waals surface area contributed by atoms with Crippen LogP contribution in [0.4, 0.5) is 0 Å². The van der Waals surface area contributed by atoms with E-state index in [0.717, 1.165) is 26.2 Å². The summed E-state index contributed by atoms with van der Waals surface area (Å²) in [6.45, 7) is 4.47. The van der Waals surface area contributed by atoms with Crippen LogP contribution in [0.5, 0.6) is 5.75 Å². The van der Waals surface area contributed by atoms with Gasteiger partial charge in [0.05, 0.1) is 12.7 Å². The molecule has 0 aliphatic heterocycles. The number of halogens is 2. The fourth-order valence-corrected chi connectivity index (χ4v) is 3.02. The molecular weight excluding hydrogens is 416 g/mol. The number of amides is 1. The van der Waals surface area contributed by atoms with Crippen LogP contribution >= 0.6 is 27.5 Å². The maximum Gasteiger partial charge on any atom is 0.237 e. The fraction of sp³-hybridized carbons (Fsp3) is 0.300. The summed E-state index contributed by atoms with van der Waals surface area (Å²) in [7, 11) is 0. The van der Waals surface area contributed by atoms with E-state index in [1.807, 2.05) is 56.3 Å². The average molecular weight is 436 g/mol. The summed E-state index contributed by atoms with van der Waals surface area (Å²) in [5.74, 6) is -0.364. The molecule has 1 atom stereocenters. The third-order valence-electron chi connectivity index (χ3n) is 3.97. The Balaban J connectivity index is 1.86. The van der Waals surface area contributed by atoms with Crippen LogP contribution in [0.2, 0.25) is 5.02 Å². The minimum atomic E-state index is -0.757. The second-order valence-corrected chi connectivity index (χ2v) is 7.23. The lowest BCUT2D eigenvalue weighted by Gasteiger charge is -2.13. The molecular formula is C20H20BrClN2O2. The highest BCUT2D eigenvalue weighted by Gasteiger charge is 2.18. The zero-order valence-electron chi connectivity index (χ0n) is 14.7. The number of nitrogens with one attached hydrogen (secondary N) is 1. The Morgan fingerprint density at radius 2 is 1.96 bits per heavy atom. The van der Waals surface area contributed by atoms with Crippen molar-refractivity contribution in [3.63, 3.8) is 0 Å². The van der Waals surface area contributed by atoms with Gasteiger partial charge < -0.3 is 10.1 Å². The number of hydrogen-bond acceptors (Lipinski definition) is 3. The van der Waals surface area contributed by atoms with Crippen LogP contribution in [0.25, 0.3) is 0 Å². The van der Waals surface area contributed by atoms with E-state index in [2.05, 4.69) is 21.2 Å². The summed E-state index contributed by atoms with van der Waals surface area (Å²) < 4.78 is 6.61. The van der Waals surface area contributed by atoms with E-state index in [-0.39, 0.29) is 12.5 Å². The molecule has 0 spiro atoms. The molecule has 0 heterocycles. The van der Waals surface area contributed by atoms with Crippen molar-refractivity contribution in [2.45, 2.75) is 26.8 Å². The van der Waals surface area contributed by atoms with Crippen molar-refractivity contribution < 1.29 is 9.53 Å². The third kappa shape index (κ3) is 5.48. The molecule has 2 aromatic rings. The van der Waals surface area contributed by atoms with Crippen molar-refractivity contribution in [2.75, 3.05) is 6.61 Å². The first-order valence-corrected chi connectivity index (χ1v) is 9.39. The maximum absolute atomic E-state index is 12.2. The van der Waals surface area contributed by atoms with E-state index in [4.69, 9.17) is 16.3 Å². The topological polar surface area (TPSA) is 62.1 Å². The van der Waals surface area contributed by atoms with Gasteiger partial charge in [-0.25, -0.2) is 0 Å². The molecule has 2 aromatic carbocycles. The predicted molar refractivity (Wildman–Crippen MR) is 106 cm³/mol. The third-order valence-corrected chi connectivity index (χ3v) is 5.34. The molecule has 0 fully saturated rings. The summed E-state index contributed by atoms with van der Waals surface area (Å²) in [5.41, 5.74) is 2.83. The predicted octanol–water partition coefficient (Wildman–Crippen LogP) is 4.94. The van der Waals surface area contributed by atoms with E-state index in [1.54, 1.807) is 0 Å². The Hall–Kier alpha value is -2.03. The van der Waals surface area contributed by atoms with Crippen LogP contribution in [0.3, 0.4) is 0 Å². The second kappa shape index (κ2) is 9.61. The minimum Gasteiger partial charge on any atom is -0.494 e. The number of carbonyl (C=O) groups excluding carboxylic acids is 1. The molecule has 1 unspecified atom stereocenters. The number of aryl methyl sites for hydroxylation is 2. The standard InChI is InChI=1S/C20H20BrClN2O2/c1-13-9-17(10-14(2)19(13)22)26-8-7-15(11-23)20(25)24-12-16-5-3-4-6-18(16)21/h3-6,9-10,15H,7-8,12H2,1-2H3,(H,24,25). The molecule has 1 amide bonds. The Labute approximate surface area is 167 Å². The molecule has 26 heavy (non-hydrogen) atoms. The molecule has 4 nitrogen and oxygen atoms in total. The van der Waals surface area contributed by atoms with Gasteiger partial charge in [-0.1, -0.05) is 45.7 Å². The number of nitriles is 1. The largest absolute Gasteiger partial charge is 0.494 e. The van der Waals surface area contributed by atoms with Crippen molar-refractivity contribution in [3.05, 3.63) is 62.6 Å². The van der Waals surface area contributed by atoms with Crippen molar-refractivity contribution in [3.8, 4) is 11.8 Å². The van der Waals surface area contributed by atoms with E-state index in [0.29, 0.717) is 18.7 Å². The Bertz CT molecular complexity index is 810. The van der Waals surface area contributed by atoms with Gasteiger partial charge in [-0.2, -0.15) is 5.26 Å². The summed E-state index contributed by atoms with van der Waals surface area (Å²) in [6.07, 6.45) is 0.318. The van der Waals surface area contributed by atoms with Crippen LogP contribution in [0.15, 0.2) is 40.9 Å². The SMILES string of the molecule is Cc1cc(OCCC(C#N)C(=O)NCc2ccccc2Br)cc(C)c1Cl. The first kappa shape index (κ1) is 20.3. The monoisotopic (exact) mass is 434 g/mol. The lowest BCUT2D eigenvalue weighted by Crippen LogP contribution is -2.30. The van der Waals surface area contributed by atoms with Crippen LogP contribution in [0.1, 0.15) is 23.1 Å². The van der Waals surface area contributed by atoms with E-state index < -0.39 is 5.92 Å². The van der Waals surface area contributed by atoms with Gasteiger partial charge in [-0.05, 0) is 48.7 Å². The van der Waals surface area contributed by atoms with E-state index >= 15 is 0 Å². The molecule has 0 aliphatic rings. The zero-order valence-corrected chi connectivity index (χ0v) is 17.0. The summed E-state index contributed by atoms with van der Waals surface area (Å²) >= 11 is 9.58. The number of rotatable bonds is 7. The highest BCUT2D eigenvalue weighted by Crippen LogP contribution is 2.26. The van der Waals surface area contributed by atoms with Crippen molar-refractivity contribution in [1.82, 2.24) is 5.32 Å². The molecule has 2 rings (SSSR count). The maximum atomic E-state index is 12.2. The minimum absolute atomic E-state index is 0.279. The molecule has 6 heteroatoms. The molecule has 1 N–H and O–H groups in total. The molecule has 136 valence electrons. The molecule has 0 aromatic heterocycles. The van der Waals surface area contributed by atoms with Gasteiger partial charge in [0, 0.05) is 22.5 Å². The first-order valence-electron chi connectivity index (χ1n) is 8.22. The van der Waals surface area contributed by atoms with E-state index in [1.165, 1.54) is 0 Å². The second-order valence-electron chi connectivity index (χ2n) is 6.00. The van der Waals surface area contributed by atoms with Crippen LogP contribution in [0, 0.1) is 31.1 Å². The fourth-order valence-electron chi connectivity index (χ4n) is 2.49. The average Bonchev–Trinajstić information content (AvgIpc) is 2.62. The Morgan fingerprint density at radius 1 is 1.31 bits per heavy atom. The van der Waals surface area contributed by atoms with Crippen molar-refractivity contribution >= 4 is 33.4 Å². The molecule has 0 bridgehead atoms. The zero-order chi connectivity index (χ0) is 19.1. The number of nitrogens with zero attached hydrogens (tertiary/aromatic N) is 1. The quantitative estimate of drug-likeness (QED) is 0.669. The van der Waals surface area contributed by atoms with Gasteiger partial charge in [0.1, 0.15) is 11.7 Å².